The predicted octanol–water partition coefficient (Wildman–Crippen LogP) is 2.98. The van der Waals surface area contributed by atoms with E-state index in [9.17, 15) is 19.5 Å². The molecule has 168 valence electrons. The molecule has 0 saturated heterocycles. The molecule has 0 amide bonds. The molecular weight excluding hydrogens is 374 g/mol. The molecule has 0 radical (unpaired) electrons. The molecule has 7 nitrogen and oxygen atoms in total. The first-order valence-electron chi connectivity index (χ1n) is 10.9. The molecule has 0 atom stereocenters. The number of carbonyl (C=O) groups excluding carboxylic acids is 1. The zero-order valence-corrected chi connectivity index (χ0v) is 17.9. The maximum atomic E-state index is 11.1. The molecule has 0 saturated carbocycles. The van der Waals surface area contributed by atoms with Crippen molar-refractivity contribution in [1.29, 1.82) is 0 Å². The van der Waals surface area contributed by atoms with Gasteiger partial charge in [-0.3, -0.25) is 0 Å². The van der Waals surface area contributed by atoms with E-state index in [1.165, 1.54) is 57.8 Å². The first kappa shape index (κ1) is 27.1. The van der Waals surface area contributed by atoms with Gasteiger partial charge in [0, 0.05) is 6.42 Å². The number of hydrogen-bond donors (Lipinski definition) is 2. The van der Waals surface area contributed by atoms with Crippen LogP contribution >= 0.6 is 0 Å². The lowest BCUT2D eigenvalue weighted by Crippen LogP contribution is -2.59. The molecule has 0 rings (SSSR count). The highest BCUT2D eigenvalue weighted by Crippen LogP contribution is 2.12. The number of carbonyl (C=O) groups is 3. The van der Waals surface area contributed by atoms with Crippen molar-refractivity contribution >= 4 is 17.9 Å². The number of allylic oxidation sites excluding steroid dienone is 1. The Bertz CT molecular complexity index is 463. The number of carboxylic acids is 3. The minimum absolute atomic E-state index is 0.140. The molecular formula is C22H39NO6. The number of hydrogen-bond acceptors (Lipinski definition) is 4. The molecule has 0 aliphatic heterocycles. The van der Waals surface area contributed by atoms with Gasteiger partial charge < -0.3 is 24.6 Å². The highest BCUT2D eigenvalue weighted by atomic mass is 16.4. The molecule has 29 heavy (non-hydrogen) atoms. The van der Waals surface area contributed by atoms with E-state index >= 15 is 0 Å². The minimum atomic E-state index is -1.44. The van der Waals surface area contributed by atoms with E-state index in [1.54, 1.807) is 0 Å². The Labute approximate surface area is 175 Å². The van der Waals surface area contributed by atoms with E-state index in [0.717, 1.165) is 12.8 Å². The summed E-state index contributed by atoms with van der Waals surface area (Å²) < 4.78 is -0.546. The molecule has 7 heteroatoms. The molecule has 0 aromatic carbocycles. The van der Waals surface area contributed by atoms with Gasteiger partial charge in [0.15, 0.2) is 13.1 Å². The highest BCUT2D eigenvalue weighted by Gasteiger charge is 2.33. The summed E-state index contributed by atoms with van der Waals surface area (Å²) in [5, 5.41) is 29.1. The Kier molecular flexibility index (Phi) is 15.9. The number of quaternary nitrogens is 1. The Morgan fingerprint density at radius 3 is 1.62 bits per heavy atom. The van der Waals surface area contributed by atoms with Crippen molar-refractivity contribution in [2.24, 2.45) is 0 Å². The van der Waals surface area contributed by atoms with Crippen molar-refractivity contribution in [3.05, 3.63) is 12.2 Å². The topological polar surface area (TPSA) is 115 Å². The Hall–Kier alpha value is -1.89. The standard InChI is InChI=1S/C22H39NO6/c1-2-3-4-5-6-7-8-9-10-11-12-13-14-15-16-23(17-20(24)25,18-21(26)27)19-22(28)29/h13-14H,2-12,15-19H2,1H3,(H2-,24,25,26,27,28,29)/b14-13+. The summed E-state index contributed by atoms with van der Waals surface area (Å²) in [5.74, 6) is -3.88. The van der Waals surface area contributed by atoms with Gasteiger partial charge in [0.2, 0.25) is 0 Å². The van der Waals surface area contributed by atoms with Gasteiger partial charge in [0.1, 0.15) is 6.54 Å². The maximum Gasteiger partial charge on any atom is 0.359 e. The quantitative estimate of drug-likeness (QED) is 0.180. The monoisotopic (exact) mass is 413 g/mol. The van der Waals surface area contributed by atoms with Gasteiger partial charge in [-0.1, -0.05) is 76.9 Å². The minimum Gasteiger partial charge on any atom is -0.544 e. The third kappa shape index (κ3) is 16.7. The number of rotatable bonds is 20. The molecule has 0 aromatic rings. The fourth-order valence-corrected chi connectivity index (χ4v) is 3.59. The lowest BCUT2D eigenvalue weighted by Gasteiger charge is -2.35. The Balaban J connectivity index is 4.08. The fourth-order valence-electron chi connectivity index (χ4n) is 3.59. The van der Waals surface area contributed by atoms with Gasteiger partial charge in [-0.15, -0.1) is 0 Å². The summed E-state index contributed by atoms with van der Waals surface area (Å²) in [6.07, 6.45) is 18.0. The van der Waals surface area contributed by atoms with Crippen molar-refractivity contribution < 1.29 is 34.2 Å². The van der Waals surface area contributed by atoms with Crippen LogP contribution in [0.25, 0.3) is 0 Å². The Morgan fingerprint density at radius 2 is 1.17 bits per heavy atom. The highest BCUT2D eigenvalue weighted by molar-refractivity contribution is 5.72. The van der Waals surface area contributed by atoms with Crippen LogP contribution in [0.5, 0.6) is 0 Å². The van der Waals surface area contributed by atoms with E-state index in [2.05, 4.69) is 6.92 Å². The van der Waals surface area contributed by atoms with Crippen LogP contribution in [-0.4, -0.2) is 58.8 Å². The first-order valence-corrected chi connectivity index (χ1v) is 10.9. The summed E-state index contributed by atoms with van der Waals surface area (Å²) in [6.45, 7) is 0.648. The third-order valence-corrected chi connectivity index (χ3v) is 5.07. The smallest absolute Gasteiger partial charge is 0.359 e. The zero-order valence-electron chi connectivity index (χ0n) is 17.9. The second-order valence-corrected chi connectivity index (χ2v) is 7.93. The van der Waals surface area contributed by atoms with E-state index in [4.69, 9.17) is 10.2 Å². The van der Waals surface area contributed by atoms with Gasteiger partial charge in [-0.05, 0) is 12.8 Å². The first-order chi connectivity index (χ1) is 13.8. The zero-order chi connectivity index (χ0) is 22.0. The van der Waals surface area contributed by atoms with Crippen molar-refractivity contribution in [2.75, 3.05) is 26.2 Å². The summed E-state index contributed by atoms with van der Waals surface area (Å²) in [7, 11) is 0. The lowest BCUT2D eigenvalue weighted by atomic mass is 10.1. The number of aliphatic carboxylic acids is 3. The summed E-state index contributed by atoms with van der Waals surface area (Å²) in [4.78, 5) is 33.2. The van der Waals surface area contributed by atoms with Crippen LogP contribution in [0.2, 0.25) is 0 Å². The average Bonchev–Trinajstić information content (AvgIpc) is 2.60. The lowest BCUT2D eigenvalue weighted by molar-refractivity contribution is -0.908. The van der Waals surface area contributed by atoms with Crippen LogP contribution in [0.15, 0.2) is 12.2 Å². The van der Waals surface area contributed by atoms with E-state index in [-0.39, 0.29) is 6.54 Å². The van der Waals surface area contributed by atoms with Crippen LogP contribution in [-0.2, 0) is 14.4 Å². The SMILES string of the molecule is CCCCCCCCCCCC/C=C/CC[N+](CC(=O)[O-])(CC(=O)O)CC(=O)O. The summed E-state index contributed by atoms with van der Waals surface area (Å²) in [5.41, 5.74) is 0. The second-order valence-electron chi connectivity index (χ2n) is 7.93. The van der Waals surface area contributed by atoms with Crippen molar-refractivity contribution in [3.8, 4) is 0 Å². The molecule has 2 N–H and O–H groups in total. The molecule has 0 unspecified atom stereocenters. The third-order valence-electron chi connectivity index (χ3n) is 5.07. The van der Waals surface area contributed by atoms with Crippen molar-refractivity contribution in [3.63, 3.8) is 0 Å². The summed E-state index contributed by atoms with van der Waals surface area (Å²) in [6, 6.07) is 0. The molecule has 0 bridgehead atoms. The largest absolute Gasteiger partial charge is 0.544 e. The van der Waals surface area contributed by atoms with Gasteiger partial charge in [-0.2, -0.15) is 0 Å². The maximum absolute atomic E-state index is 11.1. The average molecular weight is 414 g/mol. The number of carboxylic acid groups (broad SMARTS) is 3. The van der Waals surface area contributed by atoms with Gasteiger partial charge in [-0.25, -0.2) is 9.59 Å². The molecule has 0 heterocycles. The van der Waals surface area contributed by atoms with E-state index < -0.39 is 42.0 Å². The van der Waals surface area contributed by atoms with Gasteiger partial charge >= 0.3 is 11.9 Å². The molecule has 0 aliphatic rings. The van der Waals surface area contributed by atoms with Crippen LogP contribution in [0, 0.1) is 0 Å². The summed E-state index contributed by atoms with van der Waals surface area (Å²) >= 11 is 0. The predicted molar refractivity (Wildman–Crippen MR) is 110 cm³/mol. The van der Waals surface area contributed by atoms with Crippen molar-refractivity contribution in [1.82, 2.24) is 0 Å². The molecule has 0 aromatic heterocycles. The van der Waals surface area contributed by atoms with Gasteiger partial charge in [0.05, 0.1) is 12.5 Å². The fraction of sp³-hybridized carbons (Fsp3) is 0.773. The molecule has 0 spiro atoms. The number of unbranched alkanes of at least 4 members (excludes halogenated alkanes) is 10. The van der Waals surface area contributed by atoms with Crippen molar-refractivity contribution in [2.45, 2.75) is 84.0 Å². The van der Waals surface area contributed by atoms with Crippen LogP contribution < -0.4 is 5.11 Å². The van der Waals surface area contributed by atoms with Crippen LogP contribution in [0.1, 0.15) is 84.0 Å². The Morgan fingerprint density at radius 1 is 0.724 bits per heavy atom. The van der Waals surface area contributed by atoms with Crippen LogP contribution in [0.4, 0.5) is 0 Å². The van der Waals surface area contributed by atoms with Crippen LogP contribution in [0.3, 0.4) is 0 Å². The normalized spacial score (nSPS) is 11.8. The van der Waals surface area contributed by atoms with E-state index in [0.29, 0.717) is 6.42 Å². The molecule has 0 fully saturated rings. The number of nitrogens with zero attached hydrogens (tertiary/aromatic N) is 1. The van der Waals surface area contributed by atoms with E-state index in [1.807, 2.05) is 12.2 Å². The second kappa shape index (κ2) is 17.0. The van der Waals surface area contributed by atoms with Gasteiger partial charge in [0.25, 0.3) is 0 Å². The molecule has 0 aliphatic carbocycles.